The molecule has 1 unspecified atom stereocenters. The van der Waals surface area contributed by atoms with Crippen molar-refractivity contribution in [1.82, 2.24) is 5.32 Å². The average Bonchev–Trinajstić information content (AvgIpc) is 2.82. The fourth-order valence-electron chi connectivity index (χ4n) is 2.69. The molecule has 178 valence electrons. The summed E-state index contributed by atoms with van der Waals surface area (Å²) < 4.78 is 28.3. The number of anilines is 1. The van der Waals surface area contributed by atoms with Gasteiger partial charge in [0.2, 0.25) is 5.91 Å². The van der Waals surface area contributed by atoms with Gasteiger partial charge in [-0.05, 0) is 55.3 Å². The van der Waals surface area contributed by atoms with Gasteiger partial charge in [0.15, 0.2) is 18.1 Å². The molecule has 0 saturated heterocycles. The molecule has 33 heavy (non-hydrogen) atoms. The van der Waals surface area contributed by atoms with Gasteiger partial charge in [-0.3, -0.25) is 14.4 Å². The van der Waals surface area contributed by atoms with Crippen molar-refractivity contribution in [3.8, 4) is 11.5 Å². The Morgan fingerprint density at radius 3 is 2.36 bits per heavy atom. The van der Waals surface area contributed by atoms with Crippen LogP contribution >= 0.6 is 11.8 Å². The van der Waals surface area contributed by atoms with Crippen molar-refractivity contribution in [3.05, 3.63) is 53.8 Å². The summed E-state index contributed by atoms with van der Waals surface area (Å²) >= 11 is 1.07. The lowest BCUT2D eigenvalue weighted by Gasteiger charge is -2.12. The summed E-state index contributed by atoms with van der Waals surface area (Å²) in [4.78, 5) is 36.0. The largest absolute Gasteiger partial charge is 0.493 e. The molecule has 2 N–H and O–H groups in total. The van der Waals surface area contributed by atoms with Crippen LogP contribution in [0, 0.1) is 5.82 Å². The third-order valence-electron chi connectivity index (χ3n) is 4.45. The van der Waals surface area contributed by atoms with Gasteiger partial charge in [-0.25, -0.2) is 4.39 Å². The quantitative estimate of drug-likeness (QED) is 0.452. The van der Waals surface area contributed by atoms with E-state index in [-0.39, 0.29) is 11.7 Å². The number of hydrogen-bond donors (Lipinski definition) is 2. The van der Waals surface area contributed by atoms with Crippen LogP contribution in [0.2, 0.25) is 0 Å². The van der Waals surface area contributed by atoms with Crippen LogP contribution in [0.15, 0.2) is 42.5 Å². The van der Waals surface area contributed by atoms with Crippen molar-refractivity contribution in [3.63, 3.8) is 0 Å². The second-order valence-electron chi connectivity index (χ2n) is 6.91. The van der Waals surface area contributed by atoms with Crippen molar-refractivity contribution < 1.29 is 33.0 Å². The summed E-state index contributed by atoms with van der Waals surface area (Å²) in [5.74, 6) is -0.515. The van der Waals surface area contributed by atoms with Crippen LogP contribution in [0.25, 0.3) is 0 Å². The zero-order valence-electron chi connectivity index (χ0n) is 18.7. The van der Waals surface area contributed by atoms with E-state index in [0.29, 0.717) is 30.2 Å². The Bertz CT molecular complexity index is 954. The molecule has 2 amide bonds. The summed E-state index contributed by atoms with van der Waals surface area (Å²) in [6.07, 6.45) is 0.565. The second kappa shape index (κ2) is 13.3. The van der Waals surface area contributed by atoms with Crippen molar-refractivity contribution in [1.29, 1.82) is 0 Å². The molecule has 8 nitrogen and oxygen atoms in total. The summed E-state index contributed by atoms with van der Waals surface area (Å²) in [6.45, 7) is 1.55. The number of halogens is 1. The molecule has 0 bridgehead atoms. The summed E-state index contributed by atoms with van der Waals surface area (Å²) in [5.41, 5.74) is 1.41. The number of rotatable bonds is 12. The van der Waals surface area contributed by atoms with E-state index >= 15 is 0 Å². The minimum Gasteiger partial charge on any atom is -0.493 e. The molecule has 2 rings (SSSR count). The predicted molar refractivity (Wildman–Crippen MR) is 124 cm³/mol. The monoisotopic (exact) mass is 478 g/mol. The van der Waals surface area contributed by atoms with E-state index in [0.717, 1.165) is 17.3 Å². The first-order valence-corrected chi connectivity index (χ1v) is 11.2. The van der Waals surface area contributed by atoms with Crippen LogP contribution in [0.1, 0.15) is 12.5 Å². The van der Waals surface area contributed by atoms with E-state index in [1.807, 2.05) is 12.1 Å². The van der Waals surface area contributed by atoms with Crippen LogP contribution in [0.4, 0.5) is 10.1 Å². The van der Waals surface area contributed by atoms with Gasteiger partial charge in [0.05, 0.1) is 20.0 Å². The van der Waals surface area contributed by atoms with Crippen molar-refractivity contribution in [2.24, 2.45) is 0 Å². The van der Waals surface area contributed by atoms with Gasteiger partial charge in [-0.15, -0.1) is 11.8 Å². The molecule has 0 aromatic heterocycles. The number of methoxy groups -OCH3 is 2. The van der Waals surface area contributed by atoms with Crippen LogP contribution in [-0.4, -0.2) is 56.2 Å². The van der Waals surface area contributed by atoms with E-state index in [4.69, 9.17) is 14.2 Å². The molecule has 2 aromatic rings. The topological polar surface area (TPSA) is 103 Å². The number of carbonyl (C=O) groups is 3. The maximum absolute atomic E-state index is 12.9. The molecule has 0 aliphatic heterocycles. The first-order valence-electron chi connectivity index (χ1n) is 10.1. The van der Waals surface area contributed by atoms with E-state index in [1.165, 1.54) is 24.3 Å². The average molecular weight is 479 g/mol. The van der Waals surface area contributed by atoms with Gasteiger partial charge in [-0.2, -0.15) is 0 Å². The molecule has 0 saturated carbocycles. The molecule has 0 fully saturated rings. The van der Waals surface area contributed by atoms with Gasteiger partial charge in [0.25, 0.3) is 5.91 Å². The van der Waals surface area contributed by atoms with Crippen molar-refractivity contribution >= 4 is 35.2 Å². The molecule has 0 aliphatic carbocycles. The molecular weight excluding hydrogens is 451 g/mol. The molecule has 1 atom stereocenters. The fraction of sp³-hybridized carbons (Fsp3) is 0.348. The number of hydrogen-bond acceptors (Lipinski definition) is 7. The fourth-order valence-corrected chi connectivity index (χ4v) is 3.36. The lowest BCUT2D eigenvalue weighted by atomic mass is 10.1. The van der Waals surface area contributed by atoms with Gasteiger partial charge in [0, 0.05) is 12.2 Å². The van der Waals surface area contributed by atoms with E-state index in [1.54, 1.807) is 27.2 Å². The van der Waals surface area contributed by atoms with Crippen LogP contribution < -0.4 is 20.1 Å². The molecule has 2 aromatic carbocycles. The van der Waals surface area contributed by atoms with Crippen LogP contribution in [0.5, 0.6) is 11.5 Å². The number of ether oxygens (including phenoxy) is 3. The normalized spacial score (nSPS) is 11.3. The second-order valence-corrected chi connectivity index (χ2v) is 8.23. The molecular formula is C23H27FN2O6S. The minimum atomic E-state index is -0.636. The molecule has 0 heterocycles. The lowest BCUT2D eigenvalue weighted by molar-refractivity contribution is -0.147. The SMILES string of the molecule is COc1ccc(CCNC(=O)COC(=O)C(C)SCC(=O)Nc2ccc(F)cc2)cc1OC. The van der Waals surface area contributed by atoms with Crippen LogP contribution in [-0.2, 0) is 25.5 Å². The van der Waals surface area contributed by atoms with Gasteiger partial charge >= 0.3 is 5.97 Å². The van der Waals surface area contributed by atoms with E-state index < -0.39 is 29.6 Å². The standard InChI is InChI=1S/C23H27FN2O6S/c1-15(33-14-22(28)26-18-7-5-17(24)6-8-18)23(29)32-13-21(27)25-11-10-16-4-9-19(30-2)20(12-16)31-3/h4-9,12,15H,10-11,13-14H2,1-3H3,(H,25,27)(H,26,28). The van der Waals surface area contributed by atoms with E-state index in [9.17, 15) is 18.8 Å². The minimum absolute atomic E-state index is 0.00512. The van der Waals surface area contributed by atoms with Crippen molar-refractivity contribution in [2.75, 3.05) is 38.4 Å². The lowest BCUT2D eigenvalue weighted by Crippen LogP contribution is -2.32. The highest BCUT2D eigenvalue weighted by atomic mass is 32.2. The number of benzene rings is 2. The smallest absolute Gasteiger partial charge is 0.319 e. The van der Waals surface area contributed by atoms with Gasteiger partial charge in [-0.1, -0.05) is 6.07 Å². The highest BCUT2D eigenvalue weighted by Crippen LogP contribution is 2.27. The number of nitrogens with one attached hydrogen (secondary N) is 2. The zero-order chi connectivity index (χ0) is 24.2. The Labute approximate surface area is 196 Å². The zero-order valence-corrected chi connectivity index (χ0v) is 19.5. The Balaban J connectivity index is 1.65. The number of amides is 2. The molecule has 0 radical (unpaired) electrons. The summed E-state index contributed by atoms with van der Waals surface area (Å²) in [6, 6.07) is 10.9. The Hall–Kier alpha value is -3.27. The number of thioether (sulfide) groups is 1. The first kappa shape index (κ1) is 26.0. The summed E-state index contributed by atoms with van der Waals surface area (Å²) in [7, 11) is 3.11. The third kappa shape index (κ3) is 9.01. The maximum Gasteiger partial charge on any atom is 0.319 e. The molecule has 10 heteroatoms. The highest BCUT2D eigenvalue weighted by molar-refractivity contribution is 8.01. The van der Waals surface area contributed by atoms with E-state index in [2.05, 4.69) is 10.6 Å². The van der Waals surface area contributed by atoms with Crippen molar-refractivity contribution in [2.45, 2.75) is 18.6 Å². The Morgan fingerprint density at radius 1 is 1.00 bits per heavy atom. The first-order chi connectivity index (χ1) is 15.8. The van der Waals surface area contributed by atoms with Gasteiger partial charge < -0.3 is 24.8 Å². The Kier molecular flexibility index (Phi) is 10.5. The maximum atomic E-state index is 12.9. The predicted octanol–water partition coefficient (Wildman–Crippen LogP) is 2.81. The number of carbonyl (C=O) groups excluding carboxylic acids is 3. The number of esters is 1. The summed E-state index contributed by atoms with van der Waals surface area (Å²) in [5, 5.41) is 4.66. The Morgan fingerprint density at radius 2 is 1.70 bits per heavy atom. The van der Waals surface area contributed by atoms with Gasteiger partial charge in [0.1, 0.15) is 11.1 Å². The third-order valence-corrected chi connectivity index (χ3v) is 5.57. The molecule has 0 aliphatic rings. The molecule has 0 spiro atoms. The highest BCUT2D eigenvalue weighted by Gasteiger charge is 2.18. The van der Waals surface area contributed by atoms with Crippen LogP contribution in [0.3, 0.4) is 0 Å².